The van der Waals surface area contributed by atoms with E-state index in [2.05, 4.69) is 0 Å². The maximum atomic E-state index is 12.2. The summed E-state index contributed by atoms with van der Waals surface area (Å²) < 4.78 is 0. The van der Waals surface area contributed by atoms with Crippen LogP contribution < -0.4 is 0 Å². The van der Waals surface area contributed by atoms with Gasteiger partial charge in [0.05, 0.1) is 17.2 Å². The Labute approximate surface area is 122 Å². The normalized spacial score (nSPS) is 14.9. The van der Waals surface area contributed by atoms with Crippen LogP contribution in [0.2, 0.25) is 10.0 Å². The Balaban J connectivity index is 2.40. The third-order valence-corrected chi connectivity index (χ3v) is 4.04. The van der Waals surface area contributed by atoms with E-state index in [0.29, 0.717) is 10.0 Å². The molecule has 0 aliphatic heterocycles. The molecule has 2 rings (SSSR count). The molecule has 3 nitrogen and oxygen atoms in total. The first-order valence-electron chi connectivity index (χ1n) is 6.04. The van der Waals surface area contributed by atoms with E-state index in [-0.39, 0.29) is 5.91 Å². The van der Waals surface area contributed by atoms with Gasteiger partial charge in [-0.05, 0) is 42.5 Å². The van der Waals surface area contributed by atoms with Gasteiger partial charge in [0, 0.05) is 12.6 Å². The van der Waals surface area contributed by atoms with Crippen LogP contribution in [0.3, 0.4) is 0 Å². The fourth-order valence-corrected chi connectivity index (χ4v) is 2.55. The topological polar surface area (TPSA) is 29.5 Å². The molecular formula is C14H15Cl2NO2. The van der Waals surface area contributed by atoms with Crippen LogP contribution in [0.1, 0.15) is 24.8 Å². The second kappa shape index (κ2) is 5.95. The van der Waals surface area contributed by atoms with E-state index in [1.165, 1.54) is 12.2 Å². The van der Waals surface area contributed by atoms with Crippen molar-refractivity contribution >= 4 is 34.7 Å². The Bertz CT molecular complexity index is 540. The van der Waals surface area contributed by atoms with Crippen molar-refractivity contribution in [2.24, 2.45) is 0 Å². The van der Waals surface area contributed by atoms with E-state index < -0.39 is 0 Å². The van der Waals surface area contributed by atoms with Gasteiger partial charge < -0.3 is 0 Å². The number of carbonyl (C=O) groups excluding carboxylic acids is 1. The summed E-state index contributed by atoms with van der Waals surface area (Å²) in [7, 11) is 3.09. The van der Waals surface area contributed by atoms with Crippen molar-refractivity contribution in [1.82, 2.24) is 5.06 Å². The lowest BCUT2D eigenvalue weighted by atomic mass is 10.0. The lowest BCUT2D eigenvalue weighted by molar-refractivity contribution is -0.163. The van der Waals surface area contributed by atoms with Crippen molar-refractivity contribution in [3.05, 3.63) is 39.4 Å². The number of carbonyl (C=O) groups is 1. The number of likely N-dealkylation sites (N-methyl/N-ethyl adjacent to an activating group) is 1. The van der Waals surface area contributed by atoms with Crippen molar-refractivity contribution in [1.29, 1.82) is 0 Å². The van der Waals surface area contributed by atoms with Gasteiger partial charge in [0.1, 0.15) is 0 Å². The standard InChI is InChI=1S/C14H15Cl2NO2/c1-17(19-2)14(18)11-5-3-4-10(11)9-6-7-12(15)13(16)8-9/h6-8H,3-5H2,1-2H3. The fourth-order valence-electron chi connectivity index (χ4n) is 2.26. The van der Waals surface area contributed by atoms with E-state index in [9.17, 15) is 4.79 Å². The Morgan fingerprint density at radius 2 is 2.00 bits per heavy atom. The minimum absolute atomic E-state index is 0.0962. The summed E-state index contributed by atoms with van der Waals surface area (Å²) in [6.07, 6.45) is 2.60. The van der Waals surface area contributed by atoms with Gasteiger partial charge >= 0.3 is 0 Å². The number of hydroxylamine groups is 2. The number of amides is 1. The minimum atomic E-state index is -0.0962. The molecule has 19 heavy (non-hydrogen) atoms. The molecule has 0 N–H and O–H groups in total. The van der Waals surface area contributed by atoms with Gasteiger partial charge in [-0.2, -0.15) is 0 Å². The van der Waals surface area contributed by atoms with Gasteiger partial charge in [-0.3, -0.25) is 9.63 Å². The van der Waals surface area contributed by atoms with Gasteiger partial charge in [0.25, 0.3) is 5.91 Å². The van der Waals surface area contributed by atoms with Crippen LogP contribution in [0.5, 0.6) is 0 Å². The molecule has 0 radical (unpaired) electrons. The zero-order chi connectivity index (χ0) is 14.0. The van der Waals surface area contributed by atoms with Crippen LogP contribution in [-0.4, -0.2) is 25.1 Å². The Morgan fingerprint density at radius 1 is 1.26 bits per heavy atom. The molecule has 1 aromatic carbocycles. The van der Waals surface area contributed by atoms with E-state index in [4.69, 9.17) is 28.0 Å². The van der Waals surface area contributed by atoms with E-state index in [1.807, 2.05) is 12.1 Å². The summed E-state index contributed by atoms with van der Waals surface area (Å²) in [5.74, 6) is -0.0962. The molecule has 0 saturated carbocycles. The summed E-state index contributed by atoms with van der Waals surface area (Å²) >= 11 is 12.0. The molecule has 0 aromatic heterocycles. The fraction of sp³-hybridized carbons (Fsp3) is 0.357. The first-order chi connectivity index (χ1) is 9.04. The minimum Gasteiger partial charge on any atom is -0.274 e. The summed E-state index contributed by atoms with van der Waals surface area (Å²) in [5, 5.41) is 2.27. The highest BCUT2D eigenvalue weighted by Gasteiger charge is 2.24. The monoisotopic (exact) mass is 299 g/mol. The number of rotatable bonds is 3. The highest BCUT2D eigenvalue weighted by Crippen LogP contribution is 2.36. The Kier molecular flexibility index (Phi) is 4.50. The van der Waals surface area contributed by atoms with Crippen LogP contribution in [0.15, 0.2) is 23.8 Å². The molecule has 1 aliphatic carbocycles. The largest absolute Gasteiger partial charge is 0.274 e. The maximum Gasteiger partial charge on any atom is 0.273 e. The van der Waals surface area contributed by atoms with Gasteiger partial charge in [-0.25, -0.2) is 5.06 Å². The average Bonchev–Trinajstić information content (AvgIpc) is 2.89. The number of nitrogens with zero attached hydrogens (tertiary/aromatic N) is 1. The first kappa shape index (κ1) is 14.4. The van der Waals surface area contributed by atoms with Crippen LogP contribution >= 0.6 is 23.2 Å². The summed E-state index contributed by atoms with van der Waals surface area (Å²) in [5.41, 5.74) is 2.79. The maximum absolute atomic E-state index is 12.2. The number of hydrogen-bond acceptors (Lipinski definition) is 2. The van der Waals surface area contributed by atoms with Crippen molar-refractivity contribution < 1.29 is 9.63 Å². The molecule has 1 aliphatic rings. The Morgan fingerprint density at radius 3 is 2.63 bits per heavy atom. The number of hydrogen-bond donors (Lipinski definition) is 0. The molecule has 0 unspecified atom stereocenters. The molecule has 1 aromatic rings. The molecule has 0 heterocycles. The van der Waals surface area contributed by atoms with Crippen molar-refractivity contribution in [3.8, 4) is 0 Å². The highest BCUT2D eigenvalue weighted by atomic mass is 35.5. The molecule has 0 bridgehead atoms. The number of halogens is 2. The number of allylic oxidation sites excluding steroid dienone is 1. The second-order valence-corrected chi connectivity index (χ2v) is 5.24. The highest BCUT2D eigenvalue weighted by molar-refractivity contribution is 6.42. The molecule has 1 amide bonds. The summed E-state index contributed by atoms with van der Waals surface area (Å²) in [6, 6.07) is 5.46. The summed E-state index contributed by atoms with van der Waals surface area (Å²) in [4.78, 5) is 17.1. The zero-order valence-corrected chi connectivity index (χ0v) is 12.4. The lowest BCUT2D eigenvalue weighted by Crippen LogP contribution is -2.26. The SMILES string of the molecule is CON(C)C(=O)C1=C(c2ccc(Cl)c(Cl)c2)CCC1. The molecule has 5 heteroatoms. The van der Waals surface area contributed by atoms with Crippen LogP contribution in [0, 0.1) is 0 Å². The van der Waals surface area contributed by atoms with E-state index >= 15 is 0 Å². The molecule has 0 fully saturated rings. The Hall–Kier alpha value is -1.03. The smallest absolute Gasteiger partial charge is 0.273 e. The van der Waals surface area contributed by atoms with Crippen LogP contribution in [0.4, 0.5) is 0 Å². The van der Waals surface area contributed by atoms with Crippen molar-refractivity contribution in [2.45, 2.75) is 19.3 Å². The molecule has 0 saturated heterocycles. The summed E-state index contributed by atoms with van der Waals surface area (Å²) in [6.45, 7) is 0. The third-order valence-electron chi connectivity index (χ3n) is 3.30. The van der Waals surface area contributed by atoms with Crippen LogP contribution in [0.25, 0.3) is 5.57 Å². The number of benzene rings is 1. The molecule has 102 valence electrons. The molecular weight excluding hydrogens is 285 g/mol. The predicted molar refractivity (Wildman–Crippen MR) is 77.0 cm³/mol. The van der Waals surface area contributed by atoms with Gasteiger partial charge in [-0.15, -0.1) is 0 Å². The van der Waals surface area contributed by atoms with E-state index in [0.717, 1.165) is 36.0 Å². The van der Waals surface area contributed by atoms with Crippen LogP contribution in [-0.2, 0) is 9.63 Å². The predicted octanol–water partition coefficient (Wildman–Crippen LogP) is 3.95. The quantitative estimate of drug-likeness (QED) is 0.791. The second-order valence-electron chi connectivity index (χ2n) is 4.42. The zero-order valence-electron chi connectivity index (χ0n) is 10.9. The first-order valence-corrected chi connectivity index (χ1v) is 6.79. The van der Waals surface area contributed by atoms with Gasteiger partial charge in [0.2, 0.25) is 0 Å². The molecule has 0 spiro atoms. The van der Waals surface area contributed by atoms with Crippen molar-refractivity contribution in [2.75, 3.05) is 14.2 Å². The lowest BCUT2D eigenvalue weighted by Gasteiger charge is -2.16. The van der Waals surface area contributed by atoms with E-state index in [1.54, 1.807) is 13.1 Å². The molecule has 0 atom stereocenters. The average molecular weight is 300 g/mol. The third kappa shape index (κ3) is 2.94. The van der Waals surface area contributed by atoms with Gasteiger partial charge in [0.15, 0.2) is 0 Å². The van der Waals surface area contributed by atoms with Crippen molar-refractivity contribution in [3.63, 3.8) is 0 Å². The van der Waals surface area contributed by atoms with Gasteiger partial charge in [-0.1, -0.05) is 29.3 Å².